The van der Waals surface area contributed by atoms with Gasteiger partial charge in [-0.15, -0.1) is 6.58 Å². The summed E-state index contributed by atoms with van der Waals surface area (Å²) in [5.41, 5.74) is 1.43. The van der Waals surface area contributed by atoms with Gasteiger partial charge in [-0.05, 0) is 59.5 Å². The maximum atomic E-state index is 3.71. The Morgan fingerprint density at radius 3 is 2.92 bits per heavy atom. The molecule has 12 heavy (non-hydrogen) atoms. The van der Waals surface area contributed by atoms with Gasteiger partial charge in [-0.25, -0.2) is 0 Å². The van der Waals surface area contributed by atoms with Crippen LogP contribution in [-0.4, -0.2) is 0 Å². The summed E-state index contributed by atoms with van der Waals surface area (Å²) >= 11 is 2.35. The molecule has 1 rings (SSSR count). The SMILES string of the molecule is C=CCCCc1cccc(I)c1. The van der Waals surface area contributed by atoms with Crippen molar-refractivity contribution in [3.05, 3.63) is 46.1 Å². The molecule has 0 saturated heterocycles. The first-order valence-electron chi connectivity index (χ1n) is 4.18. The average Bonchev–Trinajstić information content (AvgIpc) is 2.05. The van der Waals surface area contributed by atoms with Crippen LogP contribution in [0.1, 0.15) is 18.4 Å². The molecule has 1 aromatic rings. The van der Waals surface area contributed by atoms with E-state index in [1.165, 1.54) is 22.0 Å². The van der Waals surface area contributed by atoms with Crippen LogP contribution in [0, 0.1) is 3.57 Å². The highest BCUT2D eigenvalue weighted by Gasteiger charge is 1.92. The molecule has 0 aromatic heterocycles. The van der Waals surface area contributed by atoms with Gasteiger partial charge in [0.25, 0.3) is 0 Å². The topological polar surface area (TPSA) is 0 Å². The van der Waals surface area contributed by atoms with Crippen molar-refractivity contribution in [3.63, 3.8) is 0 Å². The Hall–Kier alpha value is -0.310. The van der Waals surface area contributed by atoms with Gasteiger partial charge in [0.1, 0.15) is 0 Å². The first kappa shape index (κ1) is 9.78. The number of hydrogen-bond acceptors (Lipinski definition) is 0. The van der Waals surface area contributed by atoms with Gasteiger partial charge in [0.15, 0.2) is 0 Å². The third-order valence-corrected chi connectivity index (χ3v) is 2.43. The second-order valence-electron chi connectivity index (χ2n) is 2.81. The molecule has 0 fully saturated rings. The highest BCUT2D eigenvalue weighted by atomic mass is 127. The summed E-state index contributed by atoms with van der Waals surface area (Å²) in [6, 6.07) is 8.66. The Morgan fingerprint density at radius 2 is 2.25 bits per heavy atom. The highest BCUT2D eigenvalue weighted by molar-refractivity contribution is 14.1. The first-order chi connectivity index (χ1) is 5.83. The molecule has 0 saturated carbocycles. The minimum Gasteiger partial charge on any atom is -0.103 e. The number of halogens is 1. The van der Waals surface area contributed by atoms with E-state index in [0.29, 0.717) is 0 Å². The number of allylic oxidation sites excluding steroid dienone is 1. The van der Waals surface area contributed by atoms with Crippen LogP contribution in [0.3, 0.4) is 0 Å². The van der Waals surface area contributed by atoms with E-state index in [9.17, 15) is 0 Å². The number of rotatable bonds is 4. The zero-order valence-corrected chi connectivity index (χ0v) is 9.25. The fourth-order valence-corrected chi connectivity index (χ4v) is 1.75. The average molecular weight is 272 g/mol. The van der Waals surface area contributed by atoms with Crippen LogP contribution in [0.5, 0.6) is 0 Å². The molecule has 0 nitrogen and oxygen atoms in total. The van der Waals surface area contributed by atoms with Gasteiger partial charge in [-0.3, -0.25) is 0 Å². The standard InChI is InChI=1S/C11H13I/c1-2-3-4-6-10-7-5-8-11(12)9-10/h2,5,7-9H,1,3-4,6H2. The third-order valence-electron chi connectivity index (χ3n) is 1.76. The minimum absolute atomic E-state index is 1.12. The Balaban J connectivity index is 2.46. The maximum absolute atomic E-state index is 3.71. The molecule has 1 heteroatoms. The van der Waals surface area contributed by atoms with Gasteiger partial charge in [0.2, 0.25) is 0 Å². The molecule has 0 spiro atoms. The van der Waals surface area contributed by atoms with Crippen LogP contribution >= 0.6 is 22.6 Å². The smallest absolute Gasteiger partial charge is 0.0133 e. The van der Waals surface area contributed by atoms with Crippen LogP contribution in [0.2, 0.25) is 0 Å². The van der Waals surface area contributed by atoms with E-state index in [-0.39, 0.29) is 0 Å². The minimum atomic E-state index is 1.12. The summed E-state index contributed by atoms with van der Waals surface area (Å²) in [4.78, 5) is 0. The molecule has 0 radical (unpaired) electrons. The fraction of sp³-hybridized carbons (Fsp3) is 0.273. The van der Waals surface area contributed by atoms with Crippen LogP contribution in [0.4, 0.5) is 0 Å². The molecule has 1 aromatic carbocycles. The van der Waals surface area contributed by atoms with E-state index in [2.05, 4.69) is 53.4 Å². The lowest BCUT2D eigenvalue weighted by atomic mass is 10.1. The van der Waals surface area contributed by atoms with Crippen molar-refractivity contribution in [2.24, 2.45) is 0 Å². The molecule has 0 heterocycles. The summed E-state index contributed by atoms with van der Waals surface area (Å²) in [6.07, 6.45) is 5.48. The molecule has 0 N–H and O–H groups in total. The molecule has 64 valence electrons. The van der Waals surface area contributed by atoms with Crippen molar-refractivity contribution in [1.29, 1.82) is 0 Å². The van der Waals surface area contributed by atoms with Gasteiger partial charge < -0.3 is 0 Å². The summed E-state index contributed by atoms with van der Waals surface area (Å²) in [5, 5.41) is 0. The van der Waals surface area contributed by atoms with Crippen LogP contribution in [-0.2, 0) is 6.42 Å². The lowest BCUT2D eigenvalue weighted by Crippen LogP contribution is -1.84. The summed E-state index contributed by atoms with van der Waals surface area (Å²) in [7, 11) is 0. The van der Waals surface area contributed by atoms with Gasteiger partial charge in [-0.1, -0.05) is 18.2 Å². The molecular weight excluding hydrogens is 259 g/mol. The molecule has 0 unspecified atom stereocenters. The molecule has 0 aliphatic carbocycles. The molecular formula is C11H13I. The Morgan fingerprint density at radius 1 is 1.42 bits per heavy atom. The lowest BCUT2D eigenvalue weighted by molar-refractivity contribution is 0.843. The zero-order chi connectivity index (χ0) is 8.81. The number of aryl methyl sites for hydroxylation is 1. The number of benzene rings is 1. The Bertz CT molecular complexity index is 253. The molecule has 0 aliphatic rings. The zero-order valence-electron chi connectivity index (χ0n) is 7.09. The van der Waals surface area contributed by atoms with Gasteiger partial charge >= 0.3 is 0 Å². The van der Waals surface area contributed by atoms with Crippen molar-refractivity contribution in [1.82, 2.24) is 0 Å². The predicted molar refractivity (Wildman–Crippen MR) is 62.3 cm³/mol. The van der Waals surface area contributed by atoms with E-state index in [4.69, 9.17) is 0 Å². The second-order valence-corrected chi connectivity index (χ2v) is 4.06. The van der Waals surface area contributed by atoms with Crippen molar-refractivity contribution < 1.29 is 0 Å². The van der Waals surface area contributed by atoms with Crippen molar-refractivity contribution in [2.45, 2.75) is 19.3 Å². The van der Waals surface area contributed by atoms with Crippen LogP contribution in [0.15, 0.2) is 36.9 Å². The second kappa shape index (κ2) is 5.36. The van der Waals surface area contributed by atoms with E-state index >= 15 is 0 Å². The molecule has 0 atom stereocenters. The number of unbranched alkanes of at least 4 members (excludes halogenated alkanes) is 1. The monoisotopic (exact) mass is 272 g/mol. The summed E-state index contributed by atoms with van der Waals surface area (Å²) in [5.74, 6) is 0. The highest BCUT2D eigenvalue weighted by Crippen LogP contribution is 2.10. The van der Waals surface area contributed by atoms with Gasteiger partial charge in [0.05, 0.1) is 0 Å². The summed E-state index contributed by atoms with van der Waals surface area (Å²) < 4.78 is 1.32. The first-order valence-corrected chi connectivity index (χ1v) is 5.26. The number of hydrogen-bond donors (Lipinski definition) is 0. The van der Waals surface area contributed by atoms with Gasteiger partial charge in [0, 0.05) is 3.57 Å². The normalized spacial score (nSPS) is 9.75. The largest absolute Gasteiger partial charge is 0.103 e. The molecule has 0 aliphatic heterocycles. The lowest BCUT2D eigenvalue weighted by Gasteiger charge is -1.99. The van der Waals surface area contributed by atoms with Crippen molar-refractivity contribution in [2.75, 3.05) is 0 Å². The van der Waals surface area contributed by atoms with E-state index in [0.717, 1.165) is 6.42 Å². The molecule has 0 bridgehead atoms. The maximum Gasteiger partial charge on any atom is 0.0133 e. The quantitative estimate of drug-likeness (QED) is 0.444. The predicted octanol–water partition coefficient (Wildman–Crippen LogP) is 3.80. The Kier molecular flexibility index (Phi) is 4.36. The van der Waals surface area contributed by atoms with Crippen molar-refractivity contribution in [3.8, 4) is 0 Å². The van der Waals surface area contributed by atoms with Gasteiger partial charge in [-0.2, -0.15) is 0 Å². The third kappa shape index (κ3) is 3.39. The van der Waals surface area contributed by atoms with Crippen molar-refractivity contribution >= 4 is 22.6 Å². The van der Waals surface area contributed by atoms with E-state index in [1.54, 1.807) is 0 Å². The van der Waals surface area contributed by atoms with E-state index < -0.39 is 0 Å². The van der Waals surface area contributed by atoms with Crippen LogP contribution < -0.4 is 0 Å². The molecule has 0 amide bonds. The summed E-state index contributed by atoms with van der Waals surface area (Å²) in [6.45, 7) is 3.71. The Labute approximate surface area is 87.8 Å². The van der Waals surface area contributed by atoms with Crippen LogP contribution in [0.25, 0.3) is 0 Å². The van der Waals surface area contributed by atoms with E-state index in [1.807, 2.05) is 6.08 Å². The fourth-order valence-electron chi connectivity index (χ4n) is 1.14.